The molecule has 2 saturated heterocycles. The third-order valence-electron chi connectivity index (χ3n) is 4.81. The fourth-order valence-corrected chi connectivity index (χ4v) is 3.23. The van der Waals surface area contributed by atoms with E-state index in [1.807, 2.05) is 0 Å². The van der Waals surface area contributed by atoms with Crippen LogP contribution >= 0.6 is 0 Å². The smallest absolute Gasteiger partial charge is 0.0622 e. The summed E-state index contributed by atoms with van der Waals surface area (Å²) in [4.78, 5) is 2.48. The molecule has 0 aliphatic carbocycles. The Kier molecular flexibility index (Phi) is 4.64. The molecular weight excluding hydrogens is 228 g/mol. The normalized spacial score (nSPS) is 37.7. The van der Waals surface area contributed by atoms with Gasteiger partial charge in [0, 0.05) is 31.3 Å². The van der Waals surface area contributed by atoms with Crippen molar-refractivity contribution in [1.29, 1.82) is 0 Å². The second-order valence-electron chi connectivity index (χ2n) is 6.16. The van der Waals surface area contributed by atoms with Crippen molar-refractivity contribution in [2.75, 3.05) is 33.4 Å². The average Bonchev–Trinajstić information content (AvgIpc) is 2.91. The van der Waals surface area contributed by atoms with Crippen LogP contribution in [0.25, 0.3) is 0 Å². The Balaban J connectivity index is 2.08. The summed E-state index contributed by atoms with van der Waals surface area (Å²) in [5.74, 6) is 0.560. The molecule has 4 heteroatoms. The number of rotatable bonds is 4. The summed E-state index contributed by atoms with van der Waals surface area (Å²) in [6, 6.07) is 0.527. The van der Waals surface area contributed by atoms with Crippen molar-refractivity contribution in [1.82, 2.24) is 4.90 Å². The fourth-order valence-electron chi connectivity index (χ4n) is 3.23. The minimum atomic E-state index is 0.103. The molecule has 4 nitrogen and oxygen atoms in total. The van der Waals surface area contributed by atoms with Crippen molar-refractivity contribution in [3.8, 4) is 0 Å². The van der Waals surface area contributed by atoms with Crippen molar-refractivity contribution >= 4 is 0 Å². The molecule has 18 heavy (non-hydrogen) atoms. The number of hydrogen-bond acceptors (Lipinski definition) is 4. The summed E-state index contributed by atoms with van der Waals surface area (Å²) in [5.41, 5.74) is 6.23. The Labute approximate surface area is 111 Å². The van der Waals surface area contributed by atoms with Crippen LogP contribution in [0.4, 0.5) is 0 Å². The summed E-state index contributed by atoms with van der Waals surface area (Å²) in [5, 5.41) is 0. The lowest BCUT2D eigenvalue weighted by molar-refractivity contribution is -0.0910. The number of ether oxygens (including phenoxy) is 2. The summed E-state index contributed by atoms with van der Waals surface area (Å²) < 4.78 is 11.4. The van der Waals surface area contributed by atoms with Gasteiger partial charge >= 0.3 is 0 Å². The van der Waals surface area contributed by atoms with Crippen LogP contribution in [0.5, 0.6) is 0 Å². The molecule has 0 aromatic rings. The molecule has 2 rings (SSSR count). The van der Waals surface area contributed by atoms with Crippen LogP contribution < -0.4 is 5.73 Å². The lowest BCUT2D eigenvalue weighted by atomic mass is 9.81. The number of likely N-dealkylation sites (N-methyl/N-ethyl adjacent to an activating group) is 1. The Morgan fingerprint density at radius 3 is 2.72 bits per heavy atom. The van der Waals surface area contributed by atoms with Crippen LogP contribution in [-0.2, 0) is 9.47 Å². The van der Waals surface area contributed by atoms with Crippen LogP contribution in [0.3, 0.4) is 0 Å². The molecular formula is C14H28N2O2. The van der Waals surface area contributed by atoms with Gasteiger partial charge in [-0.05, 0) is 32.2 Å². The Morgan fingerprint density at radius 2 is 2.17 bits per heavy atom. The Morgan fingerprint density at radius 1 is 1.39 bits per heavy atom. The second-order valence-corrected chi connectivity index (χ2v) is 6.16. The molecule has 0 aromatic heterocycles. The zero-order valence-corrected chi connectivity index (χ0v) is 12.0. The minimum Gasteiger partial charge on any atom is -0.380 e. The van der Waals surface area contributed by atoms with Gasteiger partial charge in [-0.1, -0.05) is 13.8 Å². The van der Waals surface area contributed by atoms with Gasteiger partial charge in [0.2, 0.25) is 0 Å². The molecule has 0 amide bonds. The summed E-state index contributed by atoms with van der Waals surface area (Å²) in [6.07, 6.45) is 3.56. The molecule has 2 aliphatic heterocycles. The molecule has 2 heterocycles. The van der Waals surface area contributed by atoms with E-state index in [9.17, 15) is 0 Å². The largest absolute Gasteiger partial charge is 0.380 e. The highest BCUT2D eigenvalue weighted by atomic mass is 16.5. The van der Waals surface area contributed by atoms with E-state index in [1.165, 1.54) is 0 Å². The Bertz CT molecular complexity index is 267. The minimum absolute atomic E-state index is 0.103. The molecule has 3 unspecified atom stereocenters. The van der Waals surface area contributed by atoms with Crippen molar-refractivity contribution < 1.29 is 9.47 Å². The predicted molar refractivity (Wildman–Crippen MR) is 72.6 cm³/mol. The maximum absolute atomic E-state index is 6.13. The van der Waals surface area contributed by atoms with Gasteiger partial charge < -0.3 is 15.2 Å². The molecule has 2 aliphatic rings. The lowest BCUT2D eigenvalue weighted by Crippen LogP contribution is -2.60. The number of nitrogens with two attached hydrogens (primary N) is 1. The summed E-state index contributed by atoms with van der Waals surface area (Å²) >= 11 is 0. The Hall–Kier alpha value is -0.160. The highest BCUT2D eigenvalue weighted by Crippen LogP contribution is 2.34. The molecule has 0 radical (unpaired) electrons. The van der Waals surface area contributed by atoms with E-state index in [0.717, 1.165) is 39.1 Å². The molecule has 3 atom stereocenters. The third-order valence-corrected chi connectivity index (χ3v) is 4.81. The van der Waals surface area contributed by atoms with E-state index in [2.05, 4.69) is 25.8 Å². The van der Waals surface area contributed by atoms with E-state index in [1.54, 1.807) is 0 Å². The molecule has 0 spiro atoms. The number of nitrogens with zero attached hydrogens (tertiary/aromatic N) is 1. The van der Waals surface area contributed by atoms with Crippen molar-refractivity contribution in [2.24, 2.45) is 11.7 Å². The van der Waals surface area contributed by atoms with E-state index in [4.69, 9.17) is 15.2 Å². The van der Waals surface area contributed by atoms with E-state index in [-0.39, 0.29) is 5.54 Å². The van der Waals surface area contributed by atoms with Crippen LogP contribution in [0.15, 0.2) is 0 Å². The van der Waals surface area contributed by atoms with Crippen LogP contribution in [-0.4, -0.2) is 56.0 Å². The zero-order valence-electron chi connectivity index (χ0n) is 12.0. The third kappa shape index (κ3) is 2.72. The average molecular weight is 256 g/mol. The molecule has 0 saturated carbocycles. The van der Waals surface area contributed by atoms with Gasteiger partial charge in [-0.15, -0.1) is 0 Å². The monoisotopic (exact) mass is 256 g/mol. The first-order chi connectivity index (χ1) is 8.59. The van der Waals surface area contributed by atoms with Gasteiger partial charge in [-0.25, -0.2) is 0 Å². The topological polar surface area (TPSA) is 47.7 Å². The highest BCUT2D eigenvalue weighted by Gasteiger charge is 2.43. The first-order valence-corrected chi connectivity index (χ1v) is 7.21. The van der Waals surface area contributed by atoms with Gasteiger partial charge in [0.25, 0.3) is 0 Å². The van der Waals surface area contributed by atoms with Crippen molar-refractivity contribution in [3.63, 3.8) is 0 Å². The van der Waals surface area contributed by atoms with Gasteiger partial charge in [-0.2, -0.15) is 0 Å². The van der Waals surface area contributed by atoms with Crippen molar-refractivity contribution in [2.45, 2.75) is 50.8 Å². The first-order valence-electron chi connectivity index (χ1n) is 7.21. The summed E-state index contributed by atoms with van der Waals surface area (Å²) in [6.45, 7) is 7.75. The quantitative estimate of drug-likeness (QED) is 0.822. The predicted octanol–water partition coefficient (Wildman–Crippen LogP) is 1.24. The molecule has 2 N–H and O–H groups in total. The number of hydrogen-bond donors (Lipinski definition) is 1. The van der Waals surface area contributed by atoms with Crippen molar-refractivity contribution in [3.05, 3.63) is 0 Å². The standard InChI is InChI=1S/C14H28N2O2/c1-11(2)13-8-14(10-15,5-7-18-13)16(3)12-4-6-17-9-12/h11-13H,4-10,15H2,1-3H3. The first kappa shape index (κ1) is 14.3. The molecule has 0 bridgehead atoms. The molecule has 106 valence electrons. The second kappa shape index (κ2) is 5.87. The highest BCUT2D eigenvalue weighted by molar-refractivity contribution is 4.98. The summed E-state index contributed by atoms with van der Waals surface area (Å²) in [7, 11) is 2.22. The van der Waals surface area contributed by atoms with Crippen LogP contribution in [0.1, 0.15) is 33.1 Å². The van der Waals surface area contributed by atoms with E-state index in [0.29, 0.717) is 24.6 Å². The van der Waals surface area contributed by atoms with Gasteiger partial charge in [-0.3, -0.25) is 4.90 Å². The molecule has 0 aromatic carbocycles. The maximum Gasteiger partial charge on any atom is 0.0622 e. The van der Waals surface area contributed by atoms with E-state index >= 15 is 0 Å². The van der Waals surface area contributed by atoms with Crippen LogP contribution in [0.2, 0.25) is 0 Å². The zero-order chi connectivity index (χ0) is 13.2. The van der Waals surface area contributed by atoms with Gasteiger partial charge in [0.15, 0.2) is 0 Å². The fraction of sp³-hybridized carbons (Fsp3) is 1.00. The van der Waals surface area contributed by atoms with E-state index < -0.39 is 0 Å². The maximum atomic E-state index is 6.13. The van der Waals surface area contributed by atoms with Gasteiger partial charge in [0.05, 0.1) is 12.7 Å². The SMILES string of the molecule is CC(C)C1CC(CN)(N(C)C2CCOC2)CCO1. The molecule has 2 fully saturated rings. The van der Waals surface area contributed by atoms with Gasteiger partial charge in [0.1, 0.15) is 0 Å². The lowest BCUT2D eigenvalue weighted by Gasteiger charge is -2.49. The van der Waals surface area contributed by atoms with Crippen LogP contribution in [0, 0.1) is 5.92 Å².